The molecule has 1 amide bonds. The minimum Gasteiger partial charge on any atom is -0.491 e. The number of ether oxygens (including phenoxy) is 2. The van der Waals surface area contributed by atoms with Crippen molar-refractivity contribution >= 4 is 11.6 Å². The second-order valence-electron chi connectivity index (χ2n) is 6.35. The van der Waals surface area contributed by atoms with Crippen molar-refractivity contribution in [1.82, 2.24) is 9.97 Å². The fraction of sp³-hybridized carbons (Fsp3) is 0.190. The number of pyridine rings is 2. The highest BCUT2D eigenvalue weighted by Gasteiger charge is 2.29. The summed E-state index contributed by atoms with van der Waals surface area (Å²) in [6.07, 6.45) is 3.46. The minimum absolute atomic E-state index is 0.00702. The third kappa shape index (κ3) is 2.99. The van der Waals surface area contributed by atoms with Gasteiger partial charge in [0.2, 0.25) is 0 Å². The first kappa shape index (κ1) is 17.0. The molecule has 3 aromatic rings. The summed E-state index contributed by atoms with van der Waals surface area (Å²) in [6, 6.07) is 11.5. The molecule has 0 bridgehead atoms. The van der Waals surface area contributed by atoms with E-state index >= 15 is 0 Å². The molecular weight excluding hydrogens is 342 g/mol. The number of methoxy groups -OCH3 is 2. The maximum absolute atomic E-state index is 12.8. The van der Waals surface area contributed by atoms with E-state index in [1.165, 1.54) is 0 Å². The van der Waals surface area contributed by atoms with Crippen LogP contribution in [0.1, 0.15) is 21.6 Å². The summed E-state index contributed by atoms with van der Waals surface area (Å²) in [5.41, 5.74) is 5.33. The second-order valence-corrected chi connectivity index (χ2v) is 6.35. The number of amides is 1. The Balaban J connectivity index is 1.69. The van der Waals surface area contributed by atoms with Crippen LogP contribution in [-0.4, -0.2) is 30.1 Å². The molecule has 0 saturated heterocycles. The molecule has 27 heavy (non-hydrogen) atoms. The van der Waals surface area contributed by atoms with Crippen molar-refractivity contribution in [2.45, 2.75) is 13.5 Å². The Morgan fingerprint density at radius 3 is 2.59 bits per heavy atom. The maximum atomic E-state index is 12.8. The highest BCUT2D eigenvalue weighted by atomic mass is 16.5. The average Bonchev–Trinajstić information content (AvgIpc) is 3.03. The zero-order valence-corrected chi connectivity index (χ0v) is 15.4. The summed E-state index contributed by atoms with van der Waals surface area (Å²) < 4.78 is 10.5. The van der Waals surface area contributed by atoms with Gasteiger partial charge < -0.3 is 14.4 Å². The molecule has 0 spiro atoms. The summed E-state index contributed by atoms with van der Waals surface area (Å²) in [6.45, 7) is 2.45. The van der Waals surface area contributed by atoms with Gasteiger partial charge >= 0.3 is 0 Å². The van der Waals surface area contributed by atoms with Crippen LogP contribution in [0.15, 0.2) is 48.8 Å². The molecule has 0 N–H and O–H groups in total. The highest BCUT2D eigenvalue weighted by Crippen LogP contribution is 2.34. The predicted molar refractivity (Wildman–Crippen MR) is 102 cm³/mol. The zero-order chi connectivity index (χ0) is 19.0. The summed E-state index contributed by atoms with van der Waals surface area (Å²) in [4.78, 5) is 23.1. The van der Waals surface area contributed by atoms with Crippen molar-refractivity contribution < 1.29 is 14.3 Å². The van der Waals surface area contributed by atoms with Crippen molar-refractivity contribution in [1.29, 1.82) is 0 Å². The molecule has 1 aliphatic rings. The lowest BCUT2D eigenvalue weighted by atomic mass is 10.0. The molecule has 2 aromatic heterocycles. The standard InChI is InChI=1S/C21H19N3O3/c1-13-8-17(6-7-22-13)24-12-16-9-14(4-5-18(16)21(24)25)15-10-19(26-2)20(27-3)23-11-15/h4-11H,12H2,1-3H3. The number of benzene rings is 1. The van der Waals surface area contributed by atoms with E-state index in [-0.39, 0.29) is 5.91 Å². The van der Waals surface area contributed by atoms with Crippen molar-refractivity contribution in [2.24, 2.45) is 0 Å². The lowest BCUT2D eigenvalue weighted by Gasteiger charge is -2.15. The van der Waals surface area contributed by atoms with E-state index in [0.717, 1.165) is 33.6 Å². The molecule has 0 atom stereocenters. The van der Waals surface area contributed by atoms with Gasteiger partial charge in [-0.05, 0) is 48.4 Å². The topological polar surface area (TPSA) is 64.5 Å². The van der Waals surface area contributed by atoms with Gasteiger partial charge in [0.25, 0.3) is 11.8 Å². The third-order valence-corrected chi connectivity index (χ3v) is 4.67. The van der Waals surface area contributed by atoms with E-state index in [0.29, 0.717) is 18.2 Å². The average molecular weight is 361 g/mol. The zero-order valence-electron chi connectivity index (χ0n) is 15.4. The maximum Gasteiger partial charge on any atom is 0.258 e. The number of aryl methyl sites for hydroxylation is 1. The number of hydrogen-bond donors (Lipinski definition) is 0. The minimum atomic E-state index is 0.00702. The van der Waals surface area contributed by atoms with Gasteiger partial charge in [0.05, 0.1) is 20.8 Å². The van der Waals surface area contributed by atoms with Gasteiger partial charge in [0.15, 0.2) is 5.75 Å². The number of rotatable bonds is 4. The van der Waals surface area contributed by atoms with Crippen molar-refractivity contribution in [3.05, 3.63) is 65.6 Å². The second kappa shape index (κ2) is 6.72. The van der Waals surface area contributed by atoms with Crippen LogP contribution >= 0.6 is 0 Å². The molecule has 6 nitrogen and oxygen atoms in total. The SMILES string of the molecule is COc1cc(-c2ccc3c(c2)CN(c2ccnc(C)c2)C3=O)cnc1OC. The molecule has 1 aromatic carbocycles. The highest BCUT2D eigenvalue weighted by molar-refractivity contribution is 6.10. The predicted octanol–water partition coefficient (Wildman–Crippen LogP) is 3.63. The van der Waals surface area contributed by atoms with E-state index in [1.54, 1.807) is 31.5 Å². The van der Waals surface area contributed by atoms with Crippen LogP contribution in [0.5, 0.6) is 11.6 Å². The van der Waals surface area contributed by atoms with Gasteiger partial charge in [-0.25, -0.2) is 4.98 Å². The quantitative estimate of drug-likeness (QED) is 0.710. The Morgan fingerprint density at radius 2 is 1.85 bits per heavy atom. The van der Waals surface area contributed by atoms with Gasteiger partial charge in [-0.3, -0.25) is 9.78 Å². The van der Waals surface area contributed by atoms with Crippen LogP contribution in [0.2, 0.25) is 0 Å². The van der Waals surface area contributed by atoms with Crippen LogP contribution in [0.4, 0.5) is 5.69 Å². The number of hydrogen-bond acceptors (Lipinski definition) is 5. The van der Waals surface area contributed by atoms with Crippen molar-refractivity contribution in [3.63, 3.8) is 0 Å². The van der Waals surface area contributed by atoms with Crippen molar-refractivity contribution in [3.8, 4) is 22.8 Å². The number of aromatic nitrogens is 2. The molecule has 3 heterocycles. The van der Waals surface area contributed by atoms with Crippen LogP contribution in [-0.2, 0) is 6.54 Å². The van der Waals surface area contributed by atoms with E-state index in [9.17, 15) is 4.79 Å². The van der Waals surface area contributed by atoms with Crippen LogP contribution in [0.25, 0.3) is 11.1 Å². The Hall–Kier alpha value is -3.41. The smallest absolute Gasteiger partial charge is 0.258 e. The van der Waals surface area contributed by atoms with Gasteiger partial charge in [0, 0.05) is 34.9 Å². The van der Waals surface area contributed by atoms with Gasteiger partial charge in [0.1, 0.15) is 0 Å². The van der Waals surface area contributed by atoms with Crippen LogP contribution in [0.3, 0.4) is 0 Å². The van der Waals surface area contributed by atoms with E-state index in [2.05, 4.69) is 9.97 Å². The molecule has 136 valence electrons. The Bertz CT molecular complexity index is 1030. The number of fused-ring (bicyclic) bond motifs is 1. The number of carbonyl (C=O) groups is 1. The molecule has 0 unspecified atom stereocenters. The van der Waals surface area contributed by atoms with E-state index in [1.807, 2.05) is 43.3 Å². The molecule has 0 fully saturated rings. The first-order valence-corrected chi connectivity index (χ1v) is 8.56. The lowest BCUT2D eigenvalue weighted by Crippen LogP contribution is -2.23. The Morgan fingerprint density at radius 1 is 1.00 bits per heavy atom. The monoisotopic (exact) mass is 361 g/mol. The molecule has 0 aliphatic carbocycles. The molecule has 6 heteroatoms. The first-order valence-electron chi connectivity index (χ1n) is 8.56. The van der Waals surface area contributed by atoms with Crippen LogP contribution in [0, 0.1) is 6.92 Å². The van der Waals surface area contributed by atoms with Crippen molar-refractivity contribution in [2.75, 3.05) is 19.1 Å². The Kier molecular flexibility index (Phi) is 4.24. The van der Waals surface area contributed by atoms with E-state index < -0.39 is 0 Å². The fourth-order valence-electron chi connectivity index (χ4n) is 3.30. The first-order chi connectivity index (χ1) is 13.1. The summed E-state index contributed by atoms with van der Waals surface area (Å²) in [7, 11) is 3.14. The van der Waals surface area contributed by atoms with Gasteiger partial charge in [-0.15, -0.1) is 0 Å². The summed E-state index contributed by atoms with van der Waals surface area (Å²) >= 11 is 0. The fourth-order valence-corrected chi connectivity index (χ4v) is 3.30. The molecule has 1 aliphatic heterocycles. The largest absolute Gasteiger partial charge is 0.491 e. The third-order valence-electron chi connectivity index (χ3n) is 4.67. The molecule has 4 rings (SSSR count). The molecule has 0 saturated carbocycles. The Labute approximate surface area is 157 Å². The van der Waals surface area contributed by atoms with E-state index in [4.69, 9.17) is 9.47 Å². The molecule has 0 radical (unpaired) electrons. The summed E-state index contributed by atoms with van der Waals surface area (Å²) in [5, 5.41) is 0. The number of anilines is 1. The number of carbonyl (C=O) groups excluding carboxylic acids is 1. The van der Waals surface area contributed by atoms with Gasteiger partial charge in [-0.2, -0.15) is 0 Å². The van der Waals surface area contributed by atoms with Gasteiger partial charge in [-0.1, -0.05) is 6.07 Å². The molecular formula is C21H19N3O3. The number of nitrogens with zero attached hydrogens (tertiary/aromatic N) is 3. The van der Waals surface area contributed by atoms with Crippen LogP contribution < -0.4 is 14.4 Å². The summed E-state index contributed by atoms with van der Waals surface area (Å²) in [5.74, 6) is 1.02. The normalized spacial score (nSPS) is 12.9. The lowest BCUT2D eigenvalue weighted by molar-refractivity contribution is 0.0996.